The van der Waals surface area contributed by atoms with Crippen molar-refractivity contribution in [3.05, 3.63) is 59.7 Å². The number of para-hydroxylation sites is 2. The van der Waals surface area contributed by atoms with Gasteiger partial charge in [-0.3, -0.25) is 4.79 Å². The molecular weight excluding hydrogens is 324 g/mol. The molecule has 3 atom stereocenters. The lowest BCUT2D eigenvalue weighted by molar-refractivity contribution is -0.135. The number of anilines is 2. The second-order valence-electron chi connectivity index (χ2n) is 7.63. The number of rotatable bonds is 2. The van der Waals surface area contributed by atoms with Crippen LogP contribution in [0.3, 0.4) is 0 Å². The molecule has 0 aromatic heterocycles. The zero-order valence-corrected chi connectivity index (χ0v) is 15.1. The lowest BCUT2D eigenvalue weighted by Crippen LogP contribution is -2.48. The van der Waals surface area contributed by atoms with Crippen molar-refractivity contribution in [1.82, 2.24) is 4.90 Å². The van der Waals surface area contributed by atoms with Crippen LogP contribution in [0, 0.1) is 0 Å². The number of carbonyl (C=O) groups excluding carboxylic acids is 1. The Bertz CT molecular complexity index is 798. The summed E-state index contributed by atoms with van der Waals surface area (Å²) >= 11 is 0. The third-order valence-corrected chi connectivity index (χ3v) is 6.01. The first kappa shape index (κ1) is 15.9. The minimum atomic E-state index is 0.0307. The van der Waals surface area contributed by atoms with Crippen molar-refractivity contribution < 1.29 is 9.53 Å². The maximum absolute atomic E-state index is 11.8. The molecule has 2 aromatic rings. The van der Waals surface area contributed by atoms with Crippen molar-refractivity contribution >= 4 is 17.3 Å². The maximum atomic E-state index is 11.8. The van der Waals surface area contributed by atoms with Gasteiger partial charge in [0.25, 0.3) is 0 Å². The Morgan fingerprint density at radius 2 is 1.65 bits per heavy atom. The molecule has 3 aliphatic rings. The van der Waals surface area contributed by atoms with Crippen LogP contribution in [-0.4, -0.2) is 43.2 Å². The molecule has 5 rings (SSSR count). The Kier molecular flexibility index (Phi) is 3.75. The van der Waals surface area contributed by atoms with Crippen molar-refractivity contribution in [3.63, 3.8) is 0 Å². The third-order valence-electron chi connectivity index (χ3n) is 6.01. The van der Waals surface area contributed by atoms with E-state index >= 15 is 0 Å². The summed E-state index contributed by atoms with van der Waals surface area (Å²) in [6, 6.07) is 17.6. The molecule has 2 aromatic carbocycles. The van der Waals surface area contributed by atoms with Gasteiger partial charge in [0.1, 0.15) is 0 Å². The van der Waals surface area contributed by atoms with Gasteiger partial charge in [0.2, 0.25) is 5.91 Å². The highest BCUT2D eigenvalue weighted by Crippen LogP contribution is 2.61. The van der Waals surface area contributed by atoms with E-state index in [0.717, 1.165) is 6.54 Å². The molecule has 4 nitrogen and oxygen atoms in total. The van der Waals surface area contributed by atoms with Gasteiger partial charge < -0.3 is 14.5 Å². The summed E-state index contributed by atoms with van der Waals surface area (Å²) in [4.78, 5) is 16.1. The fourth-order valence-electron chi connectivity index (χ4n) is 4.62. The van der Waals surface area contributed by atoms with Crippen LogP contribution < -0.4 is 4.90 Å². The van der Waals surface area contributed by atoms with Gasteiger partial charge in [-0.2, -0.15) is 0 Å². The lowest BCUT2D eigenvalue weighted by Gasteiger charge is -2.37. The minimum absolute atomic E-state index is 0.0307. The molecule has 2 heterocycles. The molecule has 134 valence electrons. The molecule has 1 saturated carbocycles. The summed E-state index contributed by atoms with van der Waals surface area (Å²) in [5, 5.41) is 0. The van der Waals surface area contributed by atoms with Crippen LogP contribution in [0.15, 0.2) is 48.5 Å². The number of carbonyl (C=O) groups is 1. The van der Waals surface area contributed by atoms with E-state index in [-0.39, 0.29) is 12.0 Å². The highest BCUT2D eigenvalue weighted by molar-refractivity contribution is 5.75. The number of fused-ring (bicyclic) bond motifs is 5. The molecule has 1 saturated heterocycles. The van der Waals surface area contributed by atoms with E-state index in [2.05, 4.69) is 53.4 Å². The van der Waals surface area contributed by atoms with Crippen LogP contribution in [0.2, 0.25) is 0 Å². The van der Waals surface area contributed by atoms with Gasteiger partial charge >= 0.3 is 0 Å². The summed E-state index contributed by atoms with van der Waals surface area (Å²) in [5.41, 5.74) is 5.50. The number of nitrogens with zero attached hydrogens (tertiary/aromatic N) is 2. The molecule has 2 aliphatic heterocycles. The van der Waals surface area contributed by atoms with Crippen LogP contribution in [0.4, 0.5) is 11.4 Å². The van der Waals surface area contributed by atoms with E-state index in [1.165, 1.54) is 28.9 Å². The van der Waals surface area contributed by atoms with E-state index in [1.807, 2.05) is 4.90 Å². The predicted octanol–water partition coefficient (Wildman–Crippen LogP) is 3.66. The molecule has 0 bridgehead atoms. The molecule has 0 spiro atoms. The van der Waals surface area contributed by atoms with Gasteiger partial charge in [-0.1, -0.05) is 36.4 Å². The van der Waals surface area contributed by atoms with Gasteiger partial charge in [0.15, 0.2) is 0 Å². The van der Waals surface area contributed by atoms with Gasteiger partial charge in [0, 0.05) is 31.4 Å². The summed E-state index contributed by atoms with van der Waals surface area (Å²) < 4.78 is 6.03. The van der Waals surface area contributed by atoms with E-state index in [0.29, 0.717) is 31.5 Å². The first-order chi connectivity index (χ1) is 12.7. The van der Waals surface area contributed by atoms with Crippen LogP contribution in [-0.2, 0) is 9.53 Å². The molecular formula is C22H24N2O2. The van der Waals surface area contributed by atoms with Gasteiger partial charge in [-0.25, -0.2) is 0 Å². The molecule has 4 heteroatoms. The number of ether oxygens (including phenoxy) is 1. The number of amides is 1. The minimum Gasteiger partial charge on any atom is -0.373 e. The fraction of sp³-hybridized carbons (Fsp3) is 0.409. The predicted molar refractivity (Wildman–Crippen MR) is 102 cm³/mol. The van der Waals surface area contributed by atoms with Crippen LogP contribution in [0.5, 0.6) is 0 Å². The van der Waals surface area contributed by atoms with Crippen LogP contribution in [0.25, 0.3) is 0 Å². The van der Waals surface area contributed by atoms with Gasteiger partial charge in [-0.05, 0) is 41.5 Å². The zero-order chi connectivity index (χ0) is 17.7. The lowest BCUT2D eigenvalue weighted by atomic mass is 10.0. The molecule has 26 heavy (non-hydrogen) atoms. The molecule has 1 amide bonds. The smallest absolute Gasteiger partial charge is 0.219 e. The molecule has 2 fully saturated rings. The number of morpholine rings is 1. The summed E-state index contributed by atoms with van der Waals surface area (Å²) in [6.45, 7) is 4.41. The Morgan fingerprint density at radius 1 is 1.04 bits per heavy atom. The molecule has 0 N–H and O–H groups in total. The molecule has 3 unspecified atom stereocenters. The highest BCUT2D eigenvalue weighted by Gasteiger charge is 2.45. The van der Waals surface area contributed by atoms with E-state index in [1.54, 1.807) is 6.92 Å². The SMILES string of the molecule is CC(=O)N1CCOC(CN2c3ccccc3C3CC3c3ccccc32)C1. The first-order valence-electron chi connectivity index (χ1n) is 9.55. The van der Waals surface area contributed by atoms with Crippen molar-refractivity contribution in [2.45, 2.75) is 31.3 Å². The van der Waals surface area contributed by atoms with Crippen molar-refractivity contribution in [3.8, 4) is 0 Å². The molecule has 1 aliphatic carbocycles. The first-order valence-corrected chi connectivity index (χ1v) is 9.55. The topological polar surface area (TPSA) is 32.8 Å². The Morgan fingerprint density at radius 3 is 2.27 bits per heavy atom. The van der Waals surface area contributed by atoms with Crippen molar-refractivity contribution in [2.75, 3.05) is 31.1 Å². The Labute approximate surface area is 154 Å². The standard InChI is InChI=1S/C22H24N2O2/c1-15(25)23-10-11-26-16(13-23)14-24-21-8-4-2-6-17(21)19-12-20(19)18-7-3-5-9-22(18)24/h2-9,16,19-20H,10-14H2,1H3. The normalized spacial score (nSPS) is 26.4. The molecule has 0 radical (unpaired) electrons. The van der Waals surface area contributed by atoms with Gasteiger partial charge in [0.05, 0.1) is 19.3 Å². The number of hydrogen-bond acceptors (Lipinski definition) is 3. The van der Waals surface area contributed by atoms with Crippen molar-refractivity contribution in [2.24, 2.45) is 0 Å². The number of hydrogen-bond donors (Lipinski definition) is 0. The van der Waals surface area contributed by atoms with E-state index in [4.69, 9.17) is 4.74 Å². The summed E-state index contributed by atoms with van der Waals surface area (Å²) in [5.74, 6) is 1.41. The Hall–Kier alpha value is -2.33. The monoisotopic (exact) mass is 348 g/mol. The second kappa shape index (κ2) is 6.13. The van der Waals surface area contributed by atoms with Crippen LogP contribution in [0.1, 0.15) is 36.3 Å². The second-order valence-corrected chi connectivity index (χ2v) is 7.63. The van der Waals surface area contributed by atoms with E-state index in [9.17, 15) is 4.79 Å². The van der Waals surface area contributed by atoms with Gasteiger partial charge in [-0.15, -0.1) is 0 Å². The average molecular weight is 348 g/mol. The quantitative estimate of drug-likeness (QED) is 0.830. The maximum Gasteiger partial charge on any atom is 0.219 e. The van der Waals surface area contributed by atoms with E-state index < -0.39 is 0 Å². The highest BCUT2D eigenvalue weighted by atomic mass is 16.5. The number of benzene rings is 2. The third kappa shape index (κ3) is 2.60. The Balaban J connectivity index is 1.52. The van der Waals surface area contributed by atoms with Crippen molar-refractivity contribution in [1.29, 1.82) is 0 Å². The zero-order valence-electron chi connectivity index (χ0n) is 15.1. The summed E-state index contributed by atoms with van der Waals surface area (Å²) in [7, 11) is 0. The largest absolute Gasteiger partial charge is 0.373 e. The summed E-state index contributed by atoms with van der Waals surface area (Å²) in [6.07, 6.45) is 1.28. The van der Waals surface area contributed by atoms with Crippen LogP contribution >= 0.6 is 0 Å². The average Bonchev–Trinajstić information content (AvgIpc) is 3.47. The fourth-order valence-corrected chi connectivity index (χ4v) is 4.62.